The summed E-state index contributed by atoms with van der Waals surface area (Å²) >= 11 is 0. The van der Waals surface area contributed by atoms with Gasteiger partial charge in [0.05, 0.1) is 6.33 Å². The summed E-state index contributed by atoms with van der Waals surface area (Å²) in [5.41, 5.74) is 0. The van der Waals surface area contributed by atoms with Crippen LogP contribution in [0.15, 0.2) is 18.7 Å². The number of rotatable bonds is 9. The standard InChI is InChI=1S/C14H23N3O3/c1-3-5-12(17-8-6-15-11-17)9-13(18)16(7-4-2)10-14(19)20/h6,8,11-12H,3-5,7,9-10H2,1-2H3,(H,19,20). The zero-order valence-electron chi connectivity index (χ0n) is 12.2. The van der Waals surface area contributed by atoms with Crippen LogP contribution in [0.2, 0.25) is 0 Å². The maximum atomic E-state index is 12.3. The smallest absolute Gasteiger partial charge is 0.323 e. The van der Waals surface area contributed by atoms with Crippen LogP contribution in [0.25, 0.3) is 0 Å². The van der Waals surface area contributed by atoms with E-state index in [9.17, 15) is 9.59 Å². The van der Waals surface area contributed by atoms with Crippen molar-refractivity contribution in [2.45, 2.75) is 45.6 Å². The Hall–Kier alpha value is -1.85. The minimum absolute atomic E-state index is 0.0446. The van der Waals surface area contributed by atoms with Gasteiger partial charge in [0.2, 0.25) is 5.91 Å². The predicted octanol–water partition coefficient (Wildman–Crippen LogP) is 1.94. The minimum atomic E-state index is -0.971. The topological polar surface area (TPSA) is 75.4 Å². The van der Waals surface area contributed by atoms with E-state index in [0.717, 1.165) is 19.3 Å². The molecule has 0 saturated carbocycles. The summed E-state index contributed by atoms with van der Waals surface area (Å²) in [6, 6.07) is 0.0446. The second kappa shape index (κ2) is 8.35. The van der Waals surface area contributed by atoms with E-state index in [1.165, 1.54) is 4.90 Å². The molecule has 0 aliphatic heterocycles. The number of carbonyl (C=O) groups is 2. The lowest BCUT2D eigenvalue weighted by Crippen LogP contribution is -2.37. The molecule has 1 N–H and O–H groups in total. The van der Waals surface area contributed by atoms with E-state index in [2.05, 4.69) is 11.9 Å². The summed E-state index contributed by atoms with van der Waals surface area (Å²) in [6.07, 6.45) is 8.14. The van der Waals surface area contributed by atoms with Crippen LogP contribution in [-0.4, -0.2) is 44.5 Å². The van der Waals surface area contributed by atoms with E-state index in [4.69, 9.17) is 5.11 Å². The van der Waals surface area contributed by atoms with Crippen LogP contribution < -0.4 is 0 Å². The van der Waals surface area contributed by atoms with Crippen molar-refractivity contribution in [2.75, 3.05) is 13.1 Å². The van der Waals surface area contributed by atoms with Crippen LogP contribution in [0.3, 0.4) is 0 Å². The molecule has 1 heterocycles. The minimum Gasteiger partial charge on any atom is -0.480 e. The number of hydrogen-bond donors (Lipinski definition) is 1. The molecule has 6 nitrogen and oxygen atoms in total. The fourth-order valence-electron chi connectivity index (χ4n) is 2.23. The molecule has 0 aliphatic rings. The second-order valence-corrected chi connectivity index (χ2v) is 4.87. The number of carboxylic acid groups (broad SMARTS) is 1. The van der Waals surface area contributed by atoms with Crippen LogP contribution in [0.1, 0.15) is 45.6 Å². The van der Waals surface area contributed by atoms with Gasteiger partial charge in [0, 0.05) is 31.4 Å². The Labute approximate surface area is 119 Å². The lowest BCUT2D eigenvalue weighted by Gasteiger charge is -2.24. The first-order valence-electron chi connectivity index (χ1n) is 7.05. The van der Waals surface area contributed by atoms with Gasteiger partial charge in [-0.3, -0.25) is 9.59 Å². The summed E-state index contributed by atoms with van der Waals surface area (Å²) in [5, 5.41) is 8.87. The predicted molar refractivity (Wildman–Crippen MR) is 75.3 cm³/mol. The van der Waals surface area contributed by atoms with Crippen LogP contribution >= 0.6 is 0 Å². The van der Waals surface area contributed by atoms with Gasteiger partial charge in [-0.25, -0.2) is 4.98 Å². The summed E-state index contributed by atoms with van der Waals surface area (Å²) in [6.45, 7) is 4.25. The van der Waals surface area contributed by atoms with Crippen LogP contribution in [0, 0.1) is 0 Å². The Morgan fingerprint density at radius 3 is 2.60 bits per heavy atom. The van der Waals surface area contributed by atoms with Crippen molar-refractivity contribution >= 4 is 11.9 Å². The van der Waals surface area contributed by atoms with Crippen LogP contribution in [0.4, 0.5) is 0 Å². The lowest BCUT2D eigenvalue weighted by molar-refractivity contribution is -0.144. The van der Waals surface area contributed by atoms with Gasteiger partial charge in [-0.1, -0.05) is 20.3 Å². The first-order chi connectivity index (χ1) is 9.58. The number of nitrogens with zero attached hydrogens (tertiary/aromatic N) is 3. The van der Waals surface area contributed by atoms with Gasteiger partial charge in [-0.15, -0.1) is 0 Å². The van der Waals surface area contributed by atoms with Gasteiger partial charge in [0.1, 0.15) is 6.54 Å². The maximum Gasteiger partial charge on any atom is 0.323 e. The van der Waals surface area contributed by atoms with Crippen molar-refractivity contribution in [2.24, 2.45) is 0 Å². The molecule has 20 heavy (non-hydrogen) atoms. The Morgan fingerprint density at radius 2 is 2.10 bits per heavy atom. The number of aliphatic carboxylic acids is 1. The Kier molecular flexibility index (Phi) is 6.76. The molecule has 0 spiro atoms. The third-order valence-electron chi connectivity index (χ3n) is 3.15. The van der Waals surface area contributed by atoms with Crippen molar-refractivity contribution in [3.63, 3.8) is 0 Å². The van der Waals surface area contributed by atoms with Crippen LogP contribution in [-0.2, 0) is 9.59 Å². The molecule has 1 amide bonds. The van der Waals surface area contributed by atoms with Crippen molar-refractivity contribution < 1.29 is 14.7 Å². The molecule has 0 saturated heterocycles. The van der Waals surface area contributed by atoms with Gasteiger partial charge < -0.3 is 14.6 Å². The average molecular weight is 281 g/mol. The van der Waals surface area contributed by atoms with E-state index < -0.39 is 5.97 Å². The maximum absolute atomic E-state index is 12.3. The fraction of sp³-hybridized carbons (Fsp3) is 0.643. The van der Waals surface area contributed by atoms with Crippen molar-refractivity contribution in [1.82, 2.24) is 14.5 Å². The number of aromatic nitrogens is 2. The molecule has 0 aliphatic carbocycles. The third kappa shape index (κ3) is 5.03. The zero-order chi connectivity index (χ0) is 15.0. The molecule has 1 rings (SSSR count). The molecule has 1 atom stereocenters. The third-order valence-corrected chi connectivity index (χ3v) is 3.15. The highest BCUT2D eigenvalue weighted by Crippen LogP contribution is 2.19. The van der Waals surface area contributed by atoms with E-state index in [1.54, 1.807) is 12.5 Å². The molecule has 112 valence electrons. The van der Waals surface area contributed by atoms with E-state index in [1.807, 2.05) is 17.7 Å². The van der Waals surface area contributed by atoms with Gasteiger partial charge >= 0.3 is 5.97 Å². The SMILES string of the molecule is CCCC(CC(=O)N(CCC)CC(=O)O)n1ccnc1. The lowest BCUT2D eigenvalue weighted by atomic mass is 10.1. The number of carboxylic acids is 1. The van der Waals surface area contributed by atoms with Gasteiger partial charge in [0.25, 0.3) is 0 Å². The van der Waals surface area contributed by atoms with E-state index in [-0.39, 0.29) is 18.5 Å². The number of carbonyl (C=O) groups excluding carboxylic acids is 1. The van der Waals surface area contributed by atoms with Gasteiger partial charge in [0.15, 0.2) is 0 Å². The largest absolute Gasteiger partial charge is 0.480 e. The highest BCUT2D eigenvalue weighted by Gasteiger charge is 2.21. The highest BCUT2D eigenvalue weighted by atomic mass is 16.4. The summed E-state index contributed by atoms with van der Waals surface area (Å²) in [5.74, 6) is -1.08. The highest BCUT2D eigenvalue weighted by molar-refractivity contribution is 5.81. The number of amides is 1. The Morgan fingerprint density at radius 1 is 1.35 bits per heavy atom. The van der Waals surface area contributed by atoms with Crippen molar-refractivity contribution in [1.29, 1.82) is 0 Å². The average Bonchev–Trinajstić information content (AvgIpc) is 2.91. The molecule has 1 aromatic heterocycles. The fourth-order valence-corrected chi connectivity index (χ4v) is 2.23. The summed E-state index contributed by atoms with van der Waals surface area (Å²) < 4.78 is 1.92. The van der Waals surface area contributed by atoms with Crippen molar-refractivity contribution in [3.05, 3.63) is 18.7 Å². The molecule has 0 aromatic carbocycles. The summed E-state index contributed by atoms with van der Waals surface area (Å²) in [4.78, 5) is 28.5. The molecule has 0 radical (unpaired) electrons. The van der Waals surface area contributed by atoms with Crippen LogP contribution in [0.5, 0.6) is 0 Å². The molecule has 0 bridgehead atoms. The molecule has 1 unspecified atom stereocenters. The molecule has 1 aromatic rings. The second-order valence-electron chi connectivity index (χ2n) is 4.87. The first-order valence-corrected chi connectivity index (χ1v) is 7.05. The van der Waals surface area contributed by atoms with E-state index >= 15 is 0 Å². The number of hydrogen-bond acceptors (Lipinski definition) is 3. The normalized spacial score (nSPS) is 12.1. The quantitative estimate of drug-likeness (QED) is 0.750. The Balaban J connectivity index is 2.70. The number of imidazole rings is 1. The van der Waals surface area contributed by atoms with Crippen molar-refractivity contribution in [3.8, 4) is 0 Å². The summed E-state index contributed by atoms with van der Waals surface area (Å²) in [7, 11) is 0. The monoisotopic (exact) mass is 281 g/mol. The zero-order valence-corrected chi connectivity index (χ0v) is 12.2. The molecule has 0 fully saturated rings. The van der Waals surface area contributed by atoms with Gasteiger partial charge in [-0.2, -0.15) is 0 Å². The molecular formula is C14H23N3O3. The molecule has 6 heteroatoms. The van der Waals surface area contributed by atoms with Gasteiger partial charge in [-0.05, 0) is 12.8 Å². The molecular weight excluding hydrogens is 258 g/mol. The van der Waals surface area contributed by atoms with E-state index in [0.29, 0.717) is 13.0 Å². The Bertz CT molecular complexity index is 417. The first kappa shape index (κ1) is 16.2.